The first kappa shape index (κ1) is 10.6. The highest BCUT2D eigenvalue weighted by atomic mass is 16.3. The van der Waals surface area contributed by atoms with Crippen molar-refractivity contribution in [3.63, 3.8) is 0 Å². The van der Waals surface area contributed by atoms with Crippen molar-refractivity contribution in [1.29, 1.82) is 0 Å². The molecule has 0 unspecified atom stereocenters. The average Bonchev–Trinajstić information content (AvgIpc) is 3.05. The van der Waals surface area contributed by atoms with Gasteiger partial charge in [-0.15, -0.1) is 0 Å². The summed E-state index contributed by atoms with van der Waals surface area (Å²) >= 11 is 0. The van der Waals surface area contributed by atoms with Gasteiger partial charge in [0.1, 0.15) is 5.75 Å². The van der Waals surface area contributed by atoms with Crippen LogP contribution in [0.5, 0.6) is 5.75 Å². The summed E-state index contributed by atoms with van der Waals surface area (Å²) in [6, 6.07) is 12.0. The molecule has 0 atom stereocenters. The van der Waals surface area contributed by atoms with Crippen LogP contribution in [0, 0.1) is 0 Å². The van der Waals surface area contributed by atoms with Gasteiger partial charge in [0.05, 0.1) is 0 Å². The molecule has 0 heterocycles. The number of aryl methyl sites for hydroxylation is 1. The van der Waals surface area contributed by atoms with Crippen LogP contribution >= 0.6 is 0 Å². The summed E-state index contributed by atoms with van der Waals surface area (Å²) in [6.45, 7) is 0. The molecule has 1 saturated carbocycles. The normalized spacial score (nSPS) is 17.2. The molecule has 2 aromatic rings. The van der Waals surface area contributed by atoms with Crippen molar-refractivity contribution in [2.75, 3.05) is 0 Å². The zero-order valence-electron chi connectivity index (χ0n) is 9.82. The summed E-state index contributed by atoms with van der Waals surface area (Å²) in [5, 5.41) is 12.3. The van der Waals surface area contributed by atoms with E-state index in [1.807, 2.05) is 24.3 Å². The molecule has 3 rings (SSSR count). The van der Waals surface area contributed by atoms with E-state index in [0.29, 0.717) is 5.75 Å². The Kier molecular flexibility index (Phi) is 2.33. The standard InChI is InChI=1S/C15H17NO/c16-15(7-8-15)6-5-13-9-11-3-1-2-4-12(11)10-14(13)17/h1-4,9-10,17H,5-8,16H2. The lowest BCUT2D eigenvalue weighted by Gasteiger charge is -2.10. The van der Waals surface area contributed by atoms with Crippen LogP contribution < -0.4 is 5.73 Å². The predicted octanol–water partition coefficient (Wildman–Crippen LogP) is 2.97. The van der Waals surface area contributed by atoms with Gasteiger partial charge < -0.3 is 10.8 Å². The first-order valence-electron chi connectivity index (χ1n) is 6.16. The van der Waals surface area contributed by atoms with Crippen molar-refractivity contribution >= 4 is 10.8 Å². The van der Waals surface area contributed by atoms with Crippen LogP contribution in [-0.2, 0) is 6.42 Å². The molecule has 2 heteroatoms. The maximum Gasteiger partial charge on any atom is 0.119 e. The van der Waals surface area contributed by atoms with E-state index in [4.69, 9.17) is 5.73 Å². The van der Waals surface area contributed by atoms with Crippen LogP contribution in [0.15, 0.2) is 36.4 Å². The third kappa shape index (κ3) is 2.13. The van der Waals surface area contributed by atoms with E-state index >= 15 is 0 Å². The van der Waals surface area contributed by atoms with Crippen LogP contribution in [0.3, 0.4) is 0 Å². The highest BCUT2D eigenvalue weighted by Crippen LogP contribution is 2.37. The topological polar surface area (TPSA) is 46.2 Å². The smallest absolute Gasteiger partial charge is 0.119 e. The van der Waals surface area contributed by atoms with Gasteiger partial charge >= 0.3 is 0 Å². The van der Waals surface area contributed by atoms with Gasteiger partial charge in [0.2, 0.25) is 0 Å². The van der Waals surface area contributed by atoms with Crippen molar-refractivity contribution < 1.29 is 5.11 Å². The lowest BCUT2D eigenvalue weighted by atomic mass is 10.00. The number of phenols is 1. The van der Waals surface area contributed by atoms with E-state index < -0.39 is 0 Å². The molecule has 2 aromatic carbocycles. The summed E-state index contributed by atoms with van der Waals surface area (Å²) in [5.74, 6) is 0.396. The monoisotopic (exact) mass is 227 g/mol. The van der Waals surface area contributed by atoms with Gasteiger partial charge in [0.15, 0.2) is 0 Å². The van der Waals surface area contributed by atoms with Gasteiger partial charge in [-0.2, -0.15) is 0 Å². The number of benzene rings is 2. The van der Waals surface area contributed by atoms with E-state index in [1.54, 1.807) is 0 Å². The Bertz CT molecular complexity index is 558. The number of hydrogen-bond acceptors (Lipinski definition) is 2. The number of hydrogen-bond donors (Lipinski definition) is 2. The molecular formula is C15H17NO. The maximum absolute atomic E-state index is 9.98. The molecule has 17 heavy (non-hydrogen) atoms. The second-order valence-electron chi connectivity index (χ2n) is 5.19. The first-order chi connectivity index (χ1) is 8.16. The minimum absolute atomic E-state index is 0.0537. The highest BCUT2D eigenvalue weighted by molar-refractivity contribution is 5.84. The fourth-order valence-electron chi connectivity index (χ4n) is 2.27. The van der Waals surface area contributed by atoms with E-state index in [9.17, 15) is 5.11 Å². The minimum Gasteiger partial charge on any atom is -0.508 e. The summed E-state index contributed by atoms with van der Waals surface area (Å²) < 4.78 is 0. The van der Waals surface area contributed by atoms with Crippen molar-refractivity contribution in [3.8, 4) is 5.75 Å². The molecule has 1 aliphatic carbocycles. The molecule has 1 fully saturated rings. The molecule has 88 valence electrons. The quantitative estimate of drug-likeness (QED) is 0.846. The second-order valence-corrected chi connectivity index (χ2v) is 5.19. The Morgan fingerprint density at radius 1 is 1.12 bits per heavy atom. The van der Waals surface area contributed by atoms with Gasteiger partial charge in [-0.1, -0.05) is 24.3 Å². The fourth-order valence-corrected chi connectivity index (χ4v) is 2.27. The molecule has 0 spiro atoms. The van der Waals surface area contributed by atoms with E-state index in [2.05, 4.69) is 12.1 Å². The molecule has 3 N–H and O–H groups in total. The van der Waals surface area contributed by atoms with Gasteiger partial charge in [-0.25, -0.2) is 0 Å². The van der Waals surface area contributed by atoms with Crippen LogP contribution in [-0.4, -0.2) is 10.6 Å². The van der Waals surface area contributed by atoms with Crippen molar-refractivity contribution in [2.45, 2.75) is 31.2 Å². The summed E-state index contributed by atoms with van der Waals surface area (Å²) in [7, 11) is 0. The molecule has 0 amide bonds. The molecule has 0 bridgehead atoms. The zero-order valence-corrected chi connectivity index (χ0v) is 9.82. The van der Waals surface area contributed by atoms with Crippen LogP contribution in [0.1, 0.15) is 24.8 Å². The number of fused-ring (bicyclic) bond motifs is 1. The Labute approximate surface area is 101 Å². The summed E-state index contributed by atoms with van der Waals surface area (Å²) in [6.07, 6.45) is 4.09. The summed E-state index contributed by atoms with van der Waals surface area (Å²) in [5.41, 5.74) is 7.14. The number of phenolic OH excluding ortho intramolecular Hbond substituents is 1. The molecular weight excluding hydrogens is 210 g/mol. The first-order valence-corrected chi connectivity index (χ1v) is 6.16. The lowest BCUT2D eigenvalue weighted by molar-refractivity contribution is 0.465. The molecule has 0 saturated heterocycles. The molecule has 2 nitrogen and oxygen atoms in total. The summed E-state index contributed by atoms with van der Waals surface area (Å²) in [4.78, 5) is 0. The van der Waals surface area contributed by atoms with E-state index in [-0.39, 0.29) is 5.54 Å². The third-order valence-corrected chi connectivity index (χ3v) is 3.73. The Hall–Kier alpha value is -1.54. The molecule has 0 aliphatic heterocycles. The van der Waals surface area contributed by atoms with Gasteiger partial charge in [-0.3, -0.25) is 0 Å². The number of aromatic hydroxyl groups is 1. The highest BCUT2D eigenvalue weighted by Gasteiger charge is 2.37. The van der Waals surface area contributed by atoms with E-state index in [0.717, 1.165) is 36.6 Å². The second kappa shape index (κ2) is 3.74. The predicted molar refractivity (Wildman–Crippen MR) is 70.1 cm³/mol. The largest absolute Gasteiger partial charge is 0.508 e. The Balaban J connectivity index is 1.90. The third-order valence-electron chi connectivity index (χ3n) is 3.73. The van der Waals surface area contributed by atoms with Gasteiger partial charge in [0.25, 0.3) is 0 Å². The van der Waals surface area contributed by atoms with Crippen molar-refractivity contribution in [2.24, 2.45) is 5.73 Å². The maximum atomic E-state index is 9.98. The molecule has 0 radical (unpaired) electrons. The molecule has 0 aromatic heterocycles. The Morgan fingerprint density at radius 3 is 2.41 bits per heavy atom. The van der Waals surface area contributed by atoms with Crippen LogP contribution in [0.4, 0.5) is 0 Å². The Morgan fingerprint density at radius 2 is 1.76 bits per heavy atom. The van der Waals surface area contributed by atoms with Gasteiger partial charge in [0, 0.05) is 5.54 Å². The van der Waals surface area contributed by atoms with Crippen molar-refractivity contribution in [1.82, 2.24) is 0 Å². The van der Waals surface area contributed by atoms with Crippen molar-refractivity contribution in [3.05, 3.63) is 42.0 Å². The zero-order chi connectivity index (χ0) is 11.9. The minimum atomic E-state index is 0.0537. The average molecular weight is 227 g/mol. The molecule has 1 aliphatic rings. The number of rotatable bonds is 3. The van der Waals surface area contributed by atoms with Gasteiger partial charge in [-0.05, 0) is 54.2 Å². The van der Waals surface area contributed by atoms with Crippen LogP contribution in [0.25, 0.3) is 10.8 Å². The SMILES string of the molecule is NC1(CCc2cc3ccccc3cc2O)CC1. The van der Waals surface area contributed by atoms with E-state index in [1.165, 1.54) is 5.39 Å². The fraction of sp³-hybridized carbons (Fsp3) is 0.333. The van der Waals surface area contributed by atoms with Crippen LogP contribution in [0.2, 0.25) is 0 Å². The lowest BCUT2D eigenvalue weighted by Crippen LogP contribution is -2.22. The number of nitrogens with two attached hydrogens (primary N) is 1.